The summed E-state index contributed by atoms with van der Waals surface area (Å²) in [4.78, 5) is 19.1. The molecule has 23 heavy (non-hydrogen) atoms. The lowest BCUT2D eigenvalue weighted by Gasteiger charge is -2.32. The Morgan fingerprint density at radius 1 is 1.17 bits per heavy atom. The maximum Gasteiger partial charge on any atom is 0.247 e. The molecule has 1 saturated heterocycles. The average molecular weight is 312 g/mol. The molecule has 3 rings (SSSR count). The second-order valence-electron chi connectivity index (χ2n) is 5.55. The van der Waals surface area contributed by atoms with Gasteiger partial charge in [-0.3, -0.25) is 4.79 Å². The number of benzene rings is 1. The van der Waals surface area contributed by atoms with E-state index in [1.54, 1.807) is 11.1 Å². The number of hydrogen-bond donors (Lipinski definition) is 1. The van der Waals surface area contributed by atoms with E-state index in [-0.39, 0.29) is 6.04 Å². The molecule has 0 bridgehead atoms. The summed E-state index contributed by atoms with van der Waals surface area (Å²) in [6, 6.07) is 10.3. The van der Waals surface area contributed by atoms with Crippen molar-refractivity contribution in [2.45, 2.75) is 13.0 Å². The number of rotatable bonds is 5. The minimum atomic E-state index is 0.132. The third-order valence-electron chi connectivity index (χ3n) is 3.96. The second kappa shape index (κ2) is 7.04. The number of carbonyl (C=O) groups is 1. The first-order chi connectivity index (χ1) is 11.3. The molecule has 2 aromatic rings. The molecular weight excluding hydrogens is 292 g/mol. The Morgan fingerprint density at radius 3 is 2.61 bits per heavy atom. The predicted molar refractivity (Wildman–Crippen MR) is 88.2 cm³/mol. The first-order valence-electron chi connectivity index (χ1n) is 7.72. The third-order valence-corrected chi connectivity index (χ3v) is 3.96. The van der Waals surface area contributed by atoms with Gasteiger partial charge >= 0.3 is 0 Å². The van der Waals surface area contributed by atoms with Crippen LogP contribution in [0.2, 0.25) is 0 Å². The van der Waals surface area contributed by atoms with Gasteiger partial charge in [-0.25, -0.2) is 0 Å². The average Bonchev–Trinajstić information content (AvgIpc) is 2.63. The van der Waals surface area contributed by atoms with Crippen LogP contribution in [-0.2, 0) is 4.79 Å². The van der Waals surface area contributed by atoms with Crippen LogP contribution in [0, 0.1) is 0 Å². The molecule has 1 aromatic heterocycles. The first kappa shape index (κ1) is 15.2. The third kappa shape index (κ3) is 3.74. The molecule has 1 amide bonds. The van der Waals surface area contributed by atoms with Crippen molar-refractivity contribution in [2.24, 2.45) is 0 Å². The van der Waals surface area contributed by atoms with Gasteiger partial charge in [-0.15, -0.1) is 5.10 Å². The van der Waals surface area contributed by atoms with E-state index in [1.807, 2.05) is 23.1 Å². The Kier molecular flexibility index (Phi) is 4.65. The highest BCUT2D eigenvalue weighted by Gasteiger charge is 2.18. The zero-order valence-corrected chi connectivity index (χ0v) is 13.1. The molecule has 0 radical (unpaired) electrons. The van der Waals surface area contributed by atoms with Crippen LogP contribution in [0.3, 0.4) is 0 Å². The number of piperazine rings is 1. The van der Waals surface area contributed by atoms with Gasteiger partial charge in [0.25, 0.3) is 0 Å². The van der Waals surface area contributed by atoms with Crippen molar-refractivity contribution in [1.82, 2.24) is 20.1 Å². The van der Waals surface area contributed by atoms with Gasteiger partial charge in [0.2, 0.25) is 12.4 Å². The lowest BCUT2D eigenvalue weighted by atomic mass is 10.1. The van der Waals surface area contributed by atoms with Crippen molar-refractivity contribution in [2.75, 3.05) is 36.4 Å². The summed E-state index contributed by atoms with van der Waals surface area (Å²) in [6.45, 7) is 4.89. The lowest BCUT2D eigenvalue weighted by Crippen LogP contribution is -2.46. The molecule has 0 spiro atoms. The summed E-state index contributed by atoms with van der Waals surface area (Å²) in [5.41, 5.74) is 1.19. The van der Waals surface area contributed by atoms with E-state index in [9.17, 15) is 4.79 Å². The molecule has 0 aliphatic carbocycles. The maximum absolute atomic E-state index is 10.8. The summed E-state index contributed by atoms with van der Waals surface area (Å²) in [7, 11) is 0. The van der Waals surface area contributed by atoms with Gasteiger partial charge in [-0.1, -0.05) is 30.3 Å². The summed E-state index contributed by atoms with van der Waals surface area (Å²) >= 11 is 0. The molecule has 1 fully saturated rings. The van der Waals surface area contributed by atoms with Crippen molar-refractivity contribution >= 4 is 18.2 Å². The Morgan fingerprint density at radius 2 is 1.91 bits per heavy atom. The molecule has 120 valence electrons. The highest BCUT2D eigenvalue weighted by Crippen LogP contribution is 2.18. The number of aromatic nitrogens is 3. The number of carbonyl (C=O) groups excluding carboxylic acids is 1. The van der Waals surface area contributed by atoms with Crippen molar-refractivity contribution in [3.63, 3.8) is 0 Å². The smallest absolute Gasteiger partial charge is 0.247 e. The molecule has 0 saturated carbocycles. The summed E-state index contributed by atoms with van der Waals surface area (Å²) in [5, 5.41) is 11.5. The van der Waals surface area contributed by atoms with Crippen LogP contribution in [0.5, 0.6) is 0 Å². The molecule has 2 heterocycles. The Hall–Kier alpha value is -2.70. The van der Waals surface area contributed by atoms with Gasteiger partial charge in [0.05, 0.1) is 6.20 Å². The zero-order valence-electron chi connectivity index (χ0n) is 13.1. The fourth-order valence-electron chi connectivity index (χ4n) is 2.57. The molecule has 1 aromatic carbocycles. The summed E-state index contributed by atoms with van der Waals surface area (Å²) in [6.07, 6.45) is 2.51. The number of hydrogen-bond acceptors (Lipinski definition) is 6. The van der Waals surface area contributed by atoms with Crippen molar-refractivity contribution < 1.29 is 4.79 Å². The molecular formula is C16H20N6O. The van der Waals surface area contributed by atoms with Crippen LogP contribution >= 0.6 is 0 Å². The van der Waals surface area contributed by atoms with Gasteiger partial charge in [0, 0.05) is 32.2 Å². The van der Waals surface area contributed by atoms with Crippen molar-refractivity contribution in [3.05, 3.63) is 42.1 Å². The quantitative estimate of drug-likeness (QED) is 0.840. The predicted octanol–water partition coefficient (Wildman–Crippen LogP) is 1.32. The van der Waals surface area contributed by atoms with E-state index in [4.69, 9.17) is 0 Å². The minimum Gasteiger partial charge on any atom is -0.362 e. The zero-order chi connectivity index (χ0) is 16.1. The van der Waals surface area contributed by atoms with E-state index in [2.05, 4.69) is 39.6 Å². The second-order valence-corrected chi connectivity index (χ2v) is 5.55. The van der Waals surface area contributed by atoms with Gasteiger partial charge in [-0.05, 0) is 12.5 Å². The fraction of sp³-hybridized carbons (Fsp3) is 0.375. The topological polar surface area (TPSA) is 74.2 Å². The Labute approximate surface area is 135 Å². The van der Waals surface area contributed by atoms with E-state index in [0.717, 1.165) is 19.5 Å². The van der Waals surface area contributed by atoms with Crippen LogP contribution in [0.1, 0.15) is 18.5 Å². The SMILES string of the molecule is CC(Nc1cnnc(N2CCN(C=O)CC2)n1)c1ccccc1. The number of nitrogens with one attached hydrogen (secondary N) is 1. The Bertz CT molecular complexity index is 642. The van der Waals surface area contributed by atoms with Crippen molar-refractivity contribution in [3.8, 4) is 0 Å². The molecule has 1 aliphatic rings. The summed E-state index contributed by atoms with van der Waals surface area (Å²) < 4.78 is 0. The lowest BCUT2D eigenvalue weighted by molar-refractivity contribution is -0.118. The minimum absolute atomic E-state index is 0.132. The molecule has 1 aliphatic heterocycles. The number of nitrogens with zero attached hydrogens (tertiary/aromatic N) is 5. The van der Waals surface area contributed by atoms with E-state index < -0.39 is 0 Å². The molecule has 7 heteroatoms. The molecule has 1 N–H and O–H groups in total. The van der Waals surface area contributed by atoms with Crippen LogP contribution in [0.15, 0.2) is 36.5 Å². The largest absolute Gasteiger partial charge is 0.362 e. The van der Waals surface area contributed by atoms with Gasteiger partial charge in [0.1, 0.15) is 0 Å². The van der Waals surface area contributed by atoms with Crippen LogP contribution < -0.4 is 10.2 Å². The first-order valence-corrected chi connectivity index (χ1v) is 7.72. The standard InChI is InChI=1S/C16H20N6O/c1-13(14-5-3-2-4-6-14)18-15-11-17-20-16(19-15)22-9-7-21(12-23)8-10-22/h2-6,11-13H,7-10H2,1H3,(H,18,19,20). The van der Waals surface area contributed by atoms with Crippen LogP contribution in [0.4, 0.5) is 11.8 Å². The number of amides is 1. The van der Waals surface area contributed by atoms with Crippen molar-refractivity contribution in [1.29, 1.82) is 0 Å². The highest BCUT2D eigenvalue weighted by molar-refractivity contribution is 5.48. The maximum atomic E-state index is 10.8. The van der Waals surface area contributed by atoms with Gasteiger partial charge < -0.3 is 15.1 Å². The molecule has 1 atom stereocenters. The Balaban J connectivity index is 1.67. The van der Waals surface area contributed by atoms with Gasteiger partial charge in [-0.2, -0.15) is 10.1 Å². The fourth-order valence-corrected chi connectivity index (χ4v) is 2.57. The molecule has 1 unspecified atom stereocenters. The normalized spacial score (nSPS) is 16.0. The van der Waals surface area contributed by atoms with E-state index in [0.29, 0.717) is 24.9 Å². The number of anilines is 2. The molecule has 7 nitrogen and oxygen atoms in total. The van der Waals surface area contributed by atoms with Crippen LogP contribution in [-0.4, -0.2) is 52.7 Å². The van der Waals surface area contributed by atoms with Gasteiger partial charge in [0.15, 0.2) is 5.82 Å². The van der Waals surface area contributed by atoms with E-state index >= 15 is 0 Å². The summed E-state index contributed by atoms with van der Waals surface area (Å²) in [5.74, 6) is 1.30. The monoisotopic (exact) mass is 312 g/mol. The van der Waals surface area contributed by atoms with E-state index in [1.165, 1.54) is 5.56 Å². The highest BCUT2D eigenvalue weighted by atomic mass is 16.1. The van der Waals surface area contributed by atoms with Crippen LogP contribution in [0.25, 0.3) is 0 Å².